The minimum Gasteiger partial charge on any atom is -0.437 e. The lowest BCUT2D eigenvalue weighted by Gasteiger charge is -2.10. The van der Waals surface area contributed by atoms with Gasteiger partial charge in [0.2, 0.25) is 5.89 Å². The molecular weight excluding hydrogens is 180 g/mol. The van der Waals surface area contributed by atoms with Crippen molar-refractivity contribution in [1.82, 2.24) is 4.98 Å². The van der Waals surface area contributed by atoms with Gasteiger partial charge in [-0.2, -0.15) is 0 Å². The normalized spacial score (nSPS) is 12.2. The standard InChI is InChI=1S/C10H12N2O2/c1-10(2,13)9-12-8-6(11)4-3-5-7(8)14-9/h3-5,13H,11H2,1-2H3. The van der Waals surface area contributed by atoms with Crippen LogP contribution in [0.2, 0.25) is 0 Å². The fourth-order valence-corrected chi connectivity index (χ4v) is 1.23. The van der Waals surface area contributed by atoms with Crippen molar-refractivity contribution in [3.8, 4) is 0 Å². The first-order chi connectivity index (χ1) is 6.48. The molecule has 0 aliphatic heterocycles. The molecule has 0 bridgehead atoms. The summed E-state index contributed by atoms with van der Waals surface area (Å²) < 4.78 is 5.37. The Hall–Kier alpha value is -1.55. The van der Waals surface area contributed by atoms with Gasteiger partial charge in [0.25, 0.3) is 0 Å². The molecule has 3 N–H and O–H groups in total. The van der Waals surface area contributed by atoms with Crippen molar-refractivity contribution in [2.24, 2.45) is 0 Å². The van der Waals surface area contributed by atoms with E-state index in [2.05, 4.69) is 4.98 Å². The van der Waals surface area contributed by atoms with Crippen LogP contribution in [0.1, 0.15) is 19.7 Å². The van der Waals surface area contributed by atoms with Crippen LogP contribution in [0.4, 0.5) is 5.69 Å². The highest BCUT2D eigenvalue weighted by Gasteiger charge is 2.23. The summed E-state index contributed by atoms with van der Waals surface area (Å²) in [6.45, 7) is 3.24. The van der Waals surface area contributed by atoms with E-state index in [9.17, 15) is 5.11 Å². The van der Waals surface area contributed by atoms with Gasteiger partial charge in [-0.25, -0.2) is 4.98 Å². The van der Waals surface area contributed by atoms with Crippen LogP contribution < -0.4 is 5.73 Å². The van der Waals surface area contributed by atoms with Crippen molar-refractivity contribution in [2.45, 2.75) is 19.4 Å². The van der Waals surface area contributed by atoms with Crippen molar-refractivity contribution in [3.63, 3.8) is 0 Å². The molecule has 0 aliphatic rings. The molecule has 0 fully saturated rings. The third-order valence-electron chi connectivity index (χ3n) is 1.97. The monoisotopic (exact) mass is 192 g/mol. The van der Waals surface area contributed by atoms with E-state index in [1.165, 1.54) is 0 Å². The van der Waals surface area contributed by atoms with Gasteiger partial charge < -0.3 is 15.3 Å². The third kappa shape index (κ3) is 1.33. The van der Waals surface area contributed by atoms with Crippen LogP contribution in [-0.2, 0) is 5.60 Å². The number of oxazole rings is 1. The molecule has 0 saturated carbocycles. The first-order valence-electron chi connectivity index (χ1n) is 4.36. The molecule has 0 radical (unpaired) electrons. The minimum atomic E-state index is -1.08. The number of nitrogen functional groups attached to an aromatic ring is 1. The SMILES string of the molecule is CC(C)(O)c1nc2c(N)cccc2o1. The highest BCUT2D eigenvalue weighted by atomic mass is 16.4. The summed E-state index contributed by atoms with van der Waals surface area (Å²) in [6.07, 6.45) is 0. The lowest BCUT2D eigenvalue weighted by atomic mass is 10.1. The van der Waals surface area contributed by atoms with Crippen molar-refractivity contribution in [1.29, 1.82) is 0 Å². The zero-order valence-corrected chi connectivity index (χ0v) is 8.11. The molecule has 2 rings (SSSR count). The summed E-state index contributed by atoms with van der Waals surface area (Å²) in [6, 6.07) is 5.31. The van der Waals surface area contributed by atoms with E-state index in [4.69, 9.17) is 10.2 Å². The van der Waals surface area contributed by atoms with E-state index in [0.717, 1.165) is 0 Å². The van der Waals surface area contributed by atoms with Gasteiger partial charge in [0.1, 0.15) is 11.1 Å². The Morgan fingerprint density at radius 2 is 2.14 bits per heavy atom. The van der Waals surface area contributed by atoms with Crippen molar-refractivity contribution >= 4 is 16.8 Å². The average molecular weight is 192 g/mol. The zero-order chi connectivity index (χ0) is 10.3. The van der Waals surface area contributed by atoms with Gasteiger partial charge in [-0.3, -0.25) is 0 Å². The number of benzene rings is 1. The number of aliphatic hydroxyl groups is 1. The molecule has 0 unspecified atom stereocenters. The van der Waals surface area contributed by atoms with Crippen molar-refractivity contribution in [2.75, 3.05) is 5.73 Å². The Bertz CT molecular complexity index is 468. The number of fused-ring (bicyclic) bond motifs is 1. The smallest absolute Gasteiger partial charge is 0.226 e. The van der Waals surface area contributed by atoms with Crippen molar-refractivity contribution < 1.29 is 9.52 Å². The van der Waals surface area contributed by atoms with Crippen LogP contribution in [0.5, 0.6) is 0 Å². The topological polar surface area (TPSA) is 72.3 Å². The molecular formula is C10H12N2O2. The Morgan fingerprint density at radius 3 is 2.71 bits per heavy atom. The lowest BCUT2D eigenvalue weighted by molar-refractivity contribution is 0.0501. The second-order valence-electron chi connectivity index (χ2n) is 3.77. The predicted octanol–water partition coefficient (Wildman–Crippen LogP) is 1.64. The highest BCUT2D eigenvalue weighted by molar-refractivity contribution is 5.85. The largest absolute Gasteiger partial charge is 0.437 e. The number of anilines is 1. The van der Waals surface area contributed by atoms with Gasteiger partial charge >= 0.3 is 0 Å². The van der Waals surface area contributed by atoms with Crippen LogP contribution in [-0.4, -0.2) is 10.1 Å². The average Bonchev–Trinajstić information content (AvgIpc) is 2.48. The van der Waals surface area contributed by atoms with E-state index in [1.54, 1.807) is 32.0 Å². The number of para-hydroxylation sites is 1. The quantitative estimate of drug-likeness (QED) is 0.673. The maximum atomic E-state index is 9.68. The Labute approximate surface area is 81.4 Å². The molecule has 0 amide bonds. The number of aromatic nitrogens is 1. The Morgan fingerprint density at radius 1 is 1.43 bits per heavy atom. The lowest BCUT2D eigenvalue weighted by Crippen LogP contribution is -2.15. The molecule has 14 heavy (non-hydrogen) atoms. The fraction of sp³-hybridized carbons (Fsp3) is 0.300. The second kappa shape index (κ2) is 2.72. The van der Waals surface area contributed by atoms with Gasteiger partial charge in [0.05, 0.1) is 5.69 Å². The summed E-state index contributed by atoms with van der Waals surface area (Å²) in [7, 11) is 0. The fourth-order valence-electron chi connectivity index (χ4n) is 1.23. The number of hydrogen-bond acceptors (Lipinski definition) is 4. The molecule has 0 spiro atoms. The summed E-state index contributed by atoms with van der Waals surface area (Å²) in [5.41, 5.74) is 6.39. The molecule has 0 atom stereocenters. The van der Waals surface area contributed by atoms with Crippen molar-refractivity contribution in [3.05, 3.63) is 24.1 Å². The van der Waals surface area contributed by atoms with Gasteiger partial charge in [-0.15, -0.1) is 0 Å². The highest BCUT2D eigenvalue weighted by Crippen LogP contribution is 2.26. The molecule has 2 aromatic rings. The Balaban J connectivity index is 2.69. The molecule has 0 aliphatic carbocycles. The summed E-state index contributed by atoms with van der Waals surface area (Å²) in [5, 5.41) is 9.68. The Kier molecular flexibility index (Phi) is 1.75. The summed E-state index contributed by atoms with van der Waals surface area (Å²) in [4.78, 5) is 4.14. The number of nitrogens with zero attached hydrogens (tertiary/aromatic N) is 1. The molecule has 74 valence electrons. The number of hydrogen-bond donors (Lipinski definition) is 2. The van der Waals surface area contributed by atoms with Crippen LogP contribution >= 0.6 is 0 Å². The van der Waals surface area contributed by atoms with E-state index < -0.39 is 5.60 Å². The number of nitrogens with two attached hydrogens (primary N) is 1. The maximum absolute atomic E-state index is 9.68. The van der Waals surface area contributed by atoms with Crippen LogP contribution in [0.15, 0.2) is 22.6 Å². The minimum absolute atomic E-state index is 0.283. The molecule has 0 saturated heterocycles. The molecule has 1 aromatic heterocycles. The first kappa shape index (κ1) is 9.02. The zero-order valence-electron chi connectivity index (χ0n) is 8.11. The summed E-state index contributed by atoms with van der Waals surface area (Å²) in [5.74, 6) is 0.283. The first-order valence-corrected chi connectivity index (χ1v) is 4.36. The van der Waals surface area contributed by atoms with Gasteiger partial charge in [0.15, 0.2) is 5.58 Å². The van der Waals surface area contributed by atoms with E-state index in [0.29, 0.717) is 16.8 Å². The third-order valence-corrected chi connectivity index (χ3v) is 1.97. The molecule has 4 heteroatoms. The molecule has 1 aromatic carbocycles. The van der Waals surface area contributed by atoms with Gasteiger partial charge in [-0.1, -0.05) is 6.07 Å². The van der Waals surface area contributed by atoms with E-state index in [1.807, 2.05) is 0 Å². The molecule has 1 heterocycles. The van der Waals surface area contributed by atoms with Crippen LogP contribution in [0.25, 0.3) is 11.1 Å². The van der Waals surface area contributed by atoms with Gasteiger partial charge in [-0.05, 0) is 26.0 Å². The summed E-state index contributed by atoms with van der Waals surface area (Å²) >= 11 is 0. The van der Waals surface area contributed by atoms with E-state index >= 15 is 0 Å². The van der Waals surface area contributed by atoms with Gasteiger partial charge in [0, 0.05) is 0 Å². The van der Waals surface area contributed by atoms with Crippen LogP contribution in [0.3, 0.4) is 0 Å². The predicted molar refractivity (Wildman–Crippen MR) is 53.7 cm³/mol. The molecule has 4 nitrogen and oxygen atoms in total. The maximum Gasteiger partial charge on any atom is 0.226 e. The van der Waals surface area contributed by atoms with Crippen LogP contribution in [0, 0.1) is 0 Å². The second-order valence-corrected chi connectivity index (χ2v) is 3.77. The van der Waals surface area contributed by atoms with E-state index in [-0.39, 0.29) is 5.89 Å². The number of rotatable bonds is 1.